The fraction of sp³-hybridized carbons (Fsp3) is 0.500. The van der Waals surface area contributed by atoms with Crippen LogP contribution in [0.1, 0.15) is 70.9 Å². The van der Waals surface area contributed by atoms with E-state index in [1.807, 2.05) is 48.5 Å². The number of halogens is 1. The van der Waals surface area contributed by atoms with E-state index in [1.165, 1.54) is 6.42 Å². The highest BCUT2D eigenvalue weighted by Crippen LogP contribution is 2.31. The molecule has 1 atom stereocenters. The summed E-state index contributed by atoms with van der Waals surface area (Å²) in [6, 6.07) is 15.2. The van der Waals surface area contributed by atoms with Gasteiger partial charge in [0.25, 0.3) is 5.91 Å². The number of benzene rings is 2. The van der Waals surface area contributed by atoms with Crippen LogP contribution in [0.5, 0.6) is 5.75 Å². The van der Waals surface area contributed by atoms with Crippen LogP contribution >= 0.6 is 15.9 Å². The third kappa shape index (κ3) is 7.33. The lowest BCUT2D eigenvalue weighted by Gasteiger charge is -2.31. The molecule has 0 bridgehead atoms. The van der Waals surface area contributed by atoms with E-state index in [1.54, 1.807) is 11.8 Å². The van der Waals surface area contributed by atoms with Gasteiger partial charge < -0.3 is 15.0 Å². The summed E-state index contributed by atoms with van der Waals surface area (Å²) < 4.78 is 6.98. The SMILES string of the molecule is C[C@H](C(=O)NC1CCCCC1)N(Cc1ccc(Br)cc1)C(=O)COc1ccccc1C(C)(C)C. The molecule has 0 radical (unpaired) electrons. The average molecular weight is 530 g/mol. The van der Waals surface area contributed by atoms with E-state index in [0.717, 1.165) is 41.3 Å². The first kappa shape index (κ1) is 26.3. The molecule has 2 aromatic carbocycles. The Bertz CT molecular complexity index is 962. The zero-order chi connectivity index (χ0) is 24.7. The Morgan fingerprint density at radius 3 is 2.35 bits per heavy atom. The molecule has 1 N–H and O–H groups in total. The summed E-state index contributed by atoms with van der Waals surface area (Å²) in [6.45, 7) is 8.38. The van der Waals surface area contributed by atoms with Gasteiger partial charge in [-0.25, -0.2) is 0 Å². The molecular weight excluding hydrogens is 492 g/mol. The highest BCUT2D eigenvalue weighted by molar-refractivity contribution is 9.10. The van der Waals surface area contributed by atoms with Crippen molar-refractivity contribution in [2.75, 3.05) is 6.61 Å². The molecule has 2 aromatic rings. The Kier molecular flexibility index (Phi) is 9.17. The standard InChI is InChI=1S/C28H37BrN2O3/c1-20(27(33)30-23-10-6-5-7-11-23)31(18-21-14-16-22(29)17-15-21)26(32)19-34-25-13-9-8-12-24(25)28(2,3)4/h8-9,12-17,20,23H,5-7,10-11,18-19H2,1-4H3,(H,30,33)/t20-/m1/s1. The summed E-state index contributed by atoms with van der Waals surface area (Å²) >= 11 is 3.46. The van der Waals surface area contributed by atoms with Gasteiger partial charge in [-0.1, -0.05) is 86.3 Å². The number of hydrogen-bond donors (Lipinski definition) is 1. The Morgan fingerprint density at radius 2 is 1.71 bits per heavy atom. The first-order valence-electron chi connectivity index (χ1n) is 12.2. The number of ether oxygens (including phenoxy) is 1. The summed E-state index contributed by atoms with van der Waals surface area (Å²) in [5, 5.41) is 3.17. The van der Waals surface area contributed by atoms with E-state index in [-0.39, 0.29) is 29.9 Å². The minimum atomic E-state index is -0.598. The van der Waals surface area contributed by atoms with E-state index < -0.39 is 6.04 Å². The zero-order valence-corrected chi connectivity index (χ0v) is 22.4. The fourth-order valence-corrected chi connectivity index (χ4v) is 4.64. The van der Waals surface area contributed by atoms with Gasteiger partial charge in [0, 0.05) is 17.1 Å². The van der Waals surface area contributed by atoms with Crippen molar-refractivity contribution in [3.63, 3.8) is 0 Å². The van der Waals surface area contributed by atoms with Crippen LogP contribution in [0.4, 0.5) is 0 Å². The smallest absolute Gasteiger partial charge is 0.261 e. The number of hydrogen-bond acceptors (Lipinski definition) is 3. The lowest BCUT2D eigenvalue weighted by Crippen LogP contribution is -2.51. The minimum Gasteiger partial charge on any atom is -0.483 e. The number of amides is 2. The van der Waals surface area contributed by atoms with Crippen molar-refractivity contribution in [3.8, 4) is 5.75 Å². The quantitative estimate of drug-likeness (QED) is 0.457. The minimum absolute atomic E-state index is 0.104. The fourth-order valence-electron chi connectivity index (χ4n) is 4.37. The zero-order valence-electron chi connectivity index (χ0n) is 20.8. The Hall–Kier alpha value is -2.34. The number of nitrogens with zero attached hydrogens (tertiary/aromatic N) is 1. The van der Waals surface area contributed by atoms with Crippen molar-refractivity contribution in [1.82, 2.24) is 10.2 Å². The van der Waals surface area contributed by atoms with Gasteiger partial charge in [0.2, 0.25) is 5.91 Å². The summed E-state index contributed by atoms with van der Waals surface area (Å²) in [5.74, 6) is 0.386. The molecule has 1 fully saturated rings. The molecule has 1 saturated carbocycles. The largest absolute Gasteiger partial charge is 0.483 e. The van der Waals surface area contributed by atoms with Gasteiger partial charge in [0.1, 0.15) is 11.8 Å². The lowest BCUT2D eigenvalue weighted by atomic mass is 9.86. The molecule has 0 unspecified atom stereocenters. The number of carbonyl (C=O) groups is 2. The highest BCUT2D eigenvalue weighted by atomic mass is 79.9. The number of rotatable bonds is 8. The maximum absolute atomic E-state index is 13.4. The first-order valence-corrected chi connectivity index (χ1v) is 13.0. The number of carbonyl (C=O) groups excluding carboxylic acids is 2. The van der Waals surface area contributed by atoms with Crippen LogP contribution in [-0.4, -0.2) is 35.4 Å². The summed E-state index contributed by atoms with van der Waals surface area (Å²) in [7, 11) is 0. The van der Waals surface area contributed by atoms with Crippen LogP contribution in [0.3, 0.4) is 0 Å². The molecule has 1 aliphatic rings. The number of para-hydroxylation sites is 1. The molecule has 0 aromatic heterocycles. The molecular formula is C28H37BrN2O3. The van der Waals surface area contributed by atoms with Crippen LogP contribution in [0, 0.1) is 0 Å². The van der Waals surface area contributed by atoms with Gasteiger partial charge in [-0.2, -0.15) is 0 Å². The van der Waals surface area contributed by atoms with Crippen molar-refractivity contribution in [2.24, 2.45) is 0 Å². The molecule has 184 valence electrons. The van der Waals surface area contributed by atoms with E-state index >= 15 is 0 Å². The second kappa shape index (κ2) is 11.9. The number of nitrogens with one attached hydrogen (secondary N) is 1. The summed E-state index contributed by atoms with van der Waals surface area (Å²) in [5.41, 5.74) is 1.90. The molecule has 0 heterocycles. The van der Waals surface area contributed by atoms with Crippen LogP contribution < -0.4 is 10.1 Å². The van der Waals surface area contributed by atoms with E-state index in [9.17, 15) is 9.59 Å². The third-order valence-corrected chi connectivity index (χ3v) is 6.96. The molecule has 0 aliphatic heterocycles. The molecule has 0 spiro atoms. The molecule has 3 rings (SSSR count). The van der Waals surface area contributed by atoms with Gasteiger partial charge in [-0.05, 0) is 54.5 Å². The van der Waals surface area contributed by atoms with Crippen LogP contribution in [0.25, 0.3) is 0 Å². The predicted molar refractivity (Wildman–Crippen MR) is 140 cm³/mol. The van der Waals surface area contributed by atoms with Gasteiger partial charge in [-0.15, -0.1) is 0 Å². The Morgan fingerprint density at radius 1 is 1.06 bits per heavy atom. The van der Waals surface area contributed by atoms with Crippen LogP contribution in [-0.2, 0) is 21.5 Å². The monoisotopic (exact) mass is 528 g/mol. The van der Waals surface area contributed by atoms with Crippen molar-refractivity contribution in [2.45, 2.75) is 83.8 Å². The first-order chi connectivity index (χ1) is 16.1. The molecule has 5 nitrogen and oxygen atoms in total. The molecule has 1 aliphatic carbocycles. The summed E-state index contributed by atoms with van der Waals surface area (Å²) in [4.78, 5) is 28.1. The molecule has 0 saturated heterocycles. The normalized spacial score (nSPS) is 15.4. The molecule has 6 heteroatoms. The van der Waals surface area contributed by atoms with Gasteiger partial charge in [0.15, 0.2) is 6.61 Å². The van der Waals surface area contributed by atoms with Crippen LogP contribution in [0.15, 0.2) is 53.0 Å². The Balaban J connectivity index is 1.75. The van der Waals surface area contributed by atoms with E-state index in [0.29, 0.717) is 12.3 Å². The van der Waals surface area contributed by atoms with Gasteiger partial charge >= 0.3 is 0 Å². The predicted octanol–water partition coefficient (Wildman–Crippen LogP) is 5.99. The van der Waals surface area contributed by atoms with Gasteiger partial charge in [0.05, 0.1) is 0 Å². The topological polar surface area (TPSA) is 58.6 Å². The third-order valence-electron chi connectivity index (χ3n) is 6.43. The van der Waals surface area contributed by atoms with E-state index in [2.05, 4.69) is 42.0 Å². The maximum atomic E-state index is 13.4. The van der Waals surface area contributed by atoms with E-state index in [4.69, 9.17) is 4.74 Å². The van der Waals surface area contributed by atoms with Crippen LogP contribution in [0.2, 0.25) is 0 Å². The van der Waals surface area contributed by atoms with Gasteiger partial charge in [-0.3, -0.25) is 9.59 Å². The molecule has 34 heavy (non-hydrogen) atoms. The van der Waals surface area contributed by atoms with Crippen molar-refractivity contribution in [1.29, 1.82) is 0 Å². The van der Waals surface area contributed by atoms with Crippen molar-refractivity contribution < 1.29 is 14.3 Å². The van der Waals surface area contributed by atoms with Crippen molar-refractivity contribution in [3.05, 3.63) is 64.1 Å². The summed E-state index contributed by atoms with van der Waals surface area (Å²) in [6.07, 6.45) is 5.52. The van der Waals surface area contributed by atoms with Crippen molar-refractivity contribution >= 4 is 27.7 Å². The second-order valence-electron chi connectivity index (χ2n) is 10.2. The lowest BCUT2D eigenvalue weighted by molar-refractivity contribution is -0.142. The maximum Gasteiger partial charge on any atom is 0.261 e. The second-order valence-corrected chi connectivity index (χ2v) is 11.1. The highest BCUT2D eigenvalue weighted by Gasteiger charge is 2.29. The Labute approximate surface area is 212 Å². The average Bonchev–Trinajstić information content (AvgIpc) is 2.82. The molecule has 2 amide bonds.